The minimum absolute atomic E-state index is 0.0246. The SMILES string of the molecule is O=C(c1c[nH]c(=O)[nH]1)N1C[C@H](c2cccc(F)c2F)[C@H]2[C@@H]1C1CCN2CC1. The van der Waals surface area contributed by atoms with E-state index in [9.17, 15) is 18.4 Å². The van der Waals surface area contributed by atoms with E-state index in [0.717, 1.165) is 32.0 Å². The van der Waals surface area contributed by atoms with Gasteiger partial charge in [-0.3, -0.25) is 9.69 Å². The molecule has 1 amide bonds. The lowest BCUT2D eigenvalue weighted by atomic mass is 9.75. The third-order valence-corrected chi connectivity index (χ3v) is 6.46. The Morgan fingerprint density at radius 1 is 1.15 bits per heavy atom. The second-order valence-electron chi connectivity index (χ2n) is 7.72. The number of nitrogens with one attached hydrogen (secondary N) is 2. The highest BCUT2D eigenvalue weighted by Crippen LogP contribution is 2.47. The standard InChI is InChI=1S/C19H20F2N4O2/c20-13-3-1-2-11(15(13)21)12-9-25(18(26)14-8-22-19(27)23-14)16-10-4-6-24(7-5-10)17(12)16/h1-3,8,10,12,16-17H,4-7,9H2,(H2,22,23,27)/t12-,16+,17+/m1/s1. The van der Waals surface area contributed by atoms with Gasteiger partial charge in [0.25, 0.3) is 5.91 Å². The first kappa shape index (κ1) is 16.7. The molecule has 5 heterocycles. The first-order valence-corrected chi connectivity index (χ1v) is 9.31. The fourth-order valence-corrected chi connectivity index (χ4v) is 5.34. The summed E-state index contributed by atoms with van der Waals surface area (Å²) in [6.45, 7) is 2.15. The Kier molecular flexibility index (Phi) is 3.72. The Morgan fingerprint density at radius 3 is 2.63 bits per heavy atom. The molecule has 4 saturated heterocycles. The Balaban J connectivity index is 1.57. The third-order valence-electron chi connectivity index (χ3n) is 6.46. The van der Waals surface area contributed by atoms with Crippen molar-refractivity contribution in [3.05, 3.63) is 57.8 Å². The van der Waals surface area contributed by atoms with Gasteiger partial charge in [0, 0.05) is 24.7 Å². The molecule has 0 saturated carbocycles. The molecule has 4 aliphatic heterocycles. The van der Waals surface area contributed by atoms with E-state index >= 15 is 0 Å². The highest BCUT2D eigenvalue weighted by atomic mass is 19.2. The summed E-state index contributed by atoms with van der Waals surface area (Å²) < 4.78 is 28.4. The fraction of sp³-hybridized carbons (Fsp3) is 0.474. The van der Waals surface area contributed by atoms with Crippen LogP contribution in [0.15, 0.2) is 29.2 Å². The number of aromatic amines is 2. The zero-order valence-electron chi connectivity index (χ0n) is 14.6. The number of aromatic nitrogens is 2. The van der Waals surface area contributed by atoms with Gasteiger partial charge in [-0.1, -0.05) is 12.1 Å². The van der Waals surface area contributed by atoms with Crippen molar-refractivity contribution in [3.63, 3.8) is 0 Å². The van der Waals surface area contributed by atoms with Gasteiger partial charge in [0.15, 0.2) is 11.6 Å². The molecule has 1 aromatic heterocycles. The topological polar surface area (TPSA) is 72.2 Å². The number of nitrogens with zero attached hydrogens (tertiary/aromatic N) is 2. The number of benzene rings is 1. The van der Waals surface area contributed by atoms with Gasteiger partial charge in [0.05, 0.1) is 6.04 Å². The summed E-state index contributed by atoms with van der Waals surface area (Å²) in [6, 6.07) is 4.18. The fourth-order valence-electron chi connectivity index (χ4n) is 5.34. The van der Waals surface area contributed by atoms with Crippen molar-refractivity contribution < 1.29 is 13.6 Å². The van der Waals surface area contributed by atoms with Gasteiger partial charge < -0.3 is 14.9 Å². The zero-order valence-corrected chi connectivity index (χ0v) is 14.6. The van der Waals surface area contributed by atoms with Crippen molar-refractivity contribution in [1.29, 1.82) is 0 Å². The zero-order chi connectivity index (χ0) is 18.7. The predicted octanol–water partition coefficient (Wildman–Crippen LogP) is 1.68. The molecule has 6 nitrogen and oxygen atoms in total. The largest absolute Gasteiger partial charge is 0.332 e. The van der Waals surface area contributed by atoms with E-state index in [4.69, 9.17) is 0 Å². The number of hydrogen-bond acceptors (Lipinski definition) is 3. The molecule has 3 atom stereocenters. The maximum absolute atomic E-state index is 14.6. The number of likely N-dealkylation sites (tertiary alicyclic amines) is 1. The molecule has 6 rings (SSSR count). The van der Waals surface area contributed by atoms with Crippen LogP contribution in [0.2, 0.25) is 0 Å². The van der Waals surface area contributed by atoms with E-state index in [1.165, 1.54) is 12.3 Å². The van der Waals surface area contributed by atoms with Gasteiger partial charge >= 0.3 is 5.69 Å². The van der Waals surface area contributed by atoms with Crippen molar-refractivity contribution in [2.75, 3.05) is 19.6 Å². The highest BCUT2D eigenvalue weighted by Gasteiger charge is 2.55. The van der Waals surface area contributed by atoms with Crippen molar-refractivity contribution in [1.82, 2.24) is 19.8 Å². The van der Waals surface area contributed by atoms with E-state index in [2.05, 4.69) is 14.9 Å². The molecule has 4 fully saturated rings. The number of carbonyl (C=O) groups is 1. The van der Waals surface area contributed by atoms with Gasteiger partial charge in [0.2, 0.25) is 0 Å². The van der Waals surface area contributed by atoms with Crippen LogP contribution in [0.3, 0.4) is 0 Å². The number of amides is 1. The average Bonchev–Trinajstić information content (AvgIpc) is 3.30. The molecule has 142 valence electrons. The minimum atomic E-state index is -0.861. The predicted molar refractivity (Wildman–Crippen MR) is 93.4 cm³/mol. The van der Waals surface area contributed by atoms with E-state index in [1.807, 2.05) is 0 Å². The summed E-state index contributed by atoms with van der Waals surface area (Å²) in [7, 11) is 0. The Bertz CT molecular complexity index is 947. The van der Waals surface area contributed by atoms with E-state index in [0.29, 0.717) is 18.0 Å². The number of H-pyrrole nitrogens is 2. The number of halogens is 2. The second kappa shape index (κ2) is 6.02. The molecular formula is C19H20F2N4O2. The van der Waals surface area contributed by atoms with Crippen LogP contribution in [0, 0.1) is 17.6 Å². The normalized spacial score (nSPS) is 31.9. The summed E-state index contributed by atoms with van der Waals surface area (Å²) in [6.07, 6.45) is 3.36. The summed E-state index contributed by atoms with van der Waals surface area (Å²) in [5.41, 5.74) is 0.0988. The summed E-state index contributed by atoms with van der Waals surface area (Å²) >= 11 is 0. The van der Waals surface area contributed by atoms with Crippen LogP contribution in [0.25, 0.3) is 0 Å². The Hall–Kier alpha value is -2.48. The first-order chi connectivity index (χ1) is 13.0. The number of imidazole rings is 1. The first-order valence-electron chi connectivity index (χ1n) is 9.31. The molecule has 27 heavy (non-hydrogen) atoms. The summed E-state index contributed by atoms with van der Waals surface area (Å²) in [5.74, 6) is -1.90. The van der Waals surface area contributed by atoms with E-state index in [-0.39, 0.29) is 29.6 Å². The van der Waals surface area contributed by atoms with Crippen molar-refractivity contribution in [2.45, 2.75) is 30.8 Å². The lowest BCUT2D eigenvalue weighted by Crippen LogP contribution is -2.60. The molecule has 0 radical (unpaired) electrons. The minimum Gasteiger partial charge on any atom is -0.332 e. The Labute approximate surface area is 154 Å². The number of fused-ring (bicyclic) bond motifs is 2. The van der Waals surface area contributed by atoms with Crippen LogP contribution in [0.1, 0.15) is 34.8 Å². The molecule has 0 aliphatic carbocycles. The lowest BCUT2D eigenvalue weighted by Gasteiger charge is -2.51. The van der Waals surface area contributed by atoms with Gasteiger partial charge in [-0.15, -0.1) is 0 Å². The average molecular weight is 374 g/mol. The third kappa shape index (κ3) is 2.46. The maximum atomic E-state index is 14.6. The van der Waals surface area contributed by atoms with Crippen molar-refractivity contribution in [2.24, 2.45) is 5.92 Å². The second-order valence-corrected chi connectivity index (χ2v) is 7.72. The van der Waals surface area contributed by atoms with Crippen LogP contribution in [-0.4, -0.2) is 57.4 Å². The smallest absolute Gasteiger partial charge is 0.323 e. The number of hydrogen-bond donors (Lipinski definition) is 2. The van der Waals surface area contributed by atoms with Crippen molar-refractivity contribution in [3.8, 4) is 0 Å². The van der Waals surface area contributed by atoms with Gasteiger partial charge in [0.1, 0.15) is 5.69 Å². The molecule has 2 aromatic rings. The molecule has 8 heteroatoms. The van der Waals surface area contributed by atoms with Crippen LogP contribution < -0.4 is 5.69 Å². The molecular weight excluding hydrogens is 354 g/mol. The maximum Gasteiger partial charge on any atom is 0.323 e. The number of piperidine rings is 3. The van der Waals surface area contributed by atoms with Crippen LogP contribution >= 0.6 is 0 Å². The lowest BCUT2D eigenvalue weighted by molar-refractivity contribution is -0.00375. The Morgan fingerprint density at radius 2 is 1.93 bits per heavy atom. The molecule has 0 spiro atoms. The van der Waals surface area contributed by atoms with Crippen LogP contribution in [0.4, 0.5) is 8.78 Å². The van der Waals surface area contributed by atoms with E-state index < -0.39 is 17.3 Å². The van der Waals surface area contributed by atoms with Crippen LogP contribution in [0.5, 0.6) is 0 Å². The highest BCUT2D eigenvalue weighted by molar-refractivity contribution is 5.92. The van der Waals surface area contributed by atoms with E-state index in [1.54, 1.807) is 11.0 Å². The number of carbonyl (C=O) groups excluding carboxylic acids is 1. The summed E-state index contributed by atoms with van der Waals surface area (Å²) in [4.78, 5) is 33.5. The van der Waals surface area contributed by atoms with Gasteiger partial charge in [-0.2, -0.15) is 0 Å². The molecule has 2 N–H and O–H groups in total. The quantitative estimate of drug-likeness (QED) is 0.840. The van der Waals surface area contributed by atoms with Gasteiger partial charge in [-0.25, -0.2) is 13.6 Å². The molecule has 0 unspecified atom stereocenters. The van der Waals surface area contributed by atoms with Crippen LogP contribution in [-0.2, 0) is 0 Å². The van der Waals surface area contributed by atoms with Crippen molar-refractivity contribution >= 4 is 5.91 Å². The summed E-state index contributed by atoms with van der Waals surface area (Å²) in [5, 5.41) is 0. The molecule has 2 bridgehead atoms. The molecule has 4 aliphatic rings. The monoisotopic (exact) mass is 374 g/mol. The van der Waals surface area contributed by atoms with Gasteiger partial charge in [-0.05, 0) is 43.5 Å². The number of rotatable bonds is 2. The molecule has 1 aromatic carbocycles.